The van der Waals surface area contributed by atoms with Crippen molar-refractivity contribution in [2.24, 2.45) is 5.92 Å². The number of aromatic nitrogens is 3. The summed E-state index contributed by atoms with van der Waals surface area (Å²) in [5.41, 5.74) is 7.91. The van der Waals surface area contributed by atoms with Crippen LogP contribution in [0.15, 0.2) is 48.9 Å². The maximum atomic E-state index is 12.8. The molecule has 1 aliphatic carbocycles. The van der Waals surface area contributed by atoms with E-state index < -0.39 is 5.60 Å². The van der Waals surface area contributed by atoms with Crippen LogP contribution in [0.1, 0.15) is 61.0 Å². The second-order valence-electron chi connectivity index (χ2n) is 11.3. The standard InChI is InChI=1S/C31H34N4O3/c1-20-28-13-24(14-29(28)34-19-33-20)23-7-5-21(6-8-23)11-27(36)16-25-15-26(9-10-32-25)35-17-22(18-35)12-30(37)38-31(2,3)4/h5-10,13,15,19,22H,11-12,14,16-18H2,1-4H3. The van der Waals surface area contributed by atoms with Crippen molar-refractivity contribution in [1.82, 2.24) is 15.0 Å². The lowest BCUT2D eigenvalue weighted by molar-refractivity contribution is -0.156. The molecule has 7 nitrogen and oxygen atoms in total. The van der Waals surface area contributed by atoms with Crippen molar-refractivity contribution in [1.29, 1.82) is 0 Å². The van der Waals surface area contributed by atoms with Crippen LogP contribution in [-0.2, 0) is 33.6 Å². The van der Waals surface area contributed by atoms with E-state index in [9.17, 15) is 9.59 Å². The van der Waals surface area contributed by atoms with Crippen molar-refractivity contribution in [3.05, 3.63) is 82.7 Å². The van der Waals surface area contributed by atoms with Gasteiger partial charge in [-0.25, -0.2) is 9.97 Å². The molecule has 3 heterocycles. The van der Waals surface area contributed by atoms with Gasteiger partial charge < -0.3 is 9.64 Å². The highest BCUT2D eigenvalue weighted by Crippen LogP contribution is 2.32. The molecule has 3 aromatic rings. The zero-order chi connectivity index (χ0) is 26.9. The summed E-state index contributed by atoms with van der Waals surface area (Å²) < 4.78 is 5.43. The average molecular weight is 511 g/mol. The van der Waals surface area contributed by atoms with Gasteiger partial charge in [-0.15, -0.1) is 0 Å². The van der Waals surface area contributed by atoms with Crippen molar-refractivity contribution in [3.8, 4) is 0 Å². The highest BCUT2D eigenvalue weighted by Gasteiger charge is 2.31. The molecule has 0 bridgehead atoms. The number of benzene rings is 1. The summed E-state index contributed by atoms with van der Waals surface area (Å²) in [4.78, 5) is 40.2. The summed E-state index contributed by atoms with van der Waals surface area (Å²) in [7, 11) is 0. The van der Waals surface area contributed by atoms with E-state index in [2.05, 4.69) is 38.1 Å². The maximum Gasteiger partial charge on any atom is 0.306 e. The fraction of sp³-hybridized carbons (Fsp3) is 0.387. The average Bonchev–Trinajstić information content (AvgIpc) is 3.26. The number of anilines is 1. The summed E-state index contributed by atoms with van der Waals surface area (Å²) >= 11 is 0. The third-order valence-corrected chi connectivity index (χ3v) is 6.94. The molecule has 0 saturated carbocycles. The molecule has 0 unspecified atom stereocenters. The molecule has 0 N–H and O–H groups in total. The molecule has 0 spiro atoms. The van der Waals surface area contributed by atoms with Gasteiger partial charge in [-0.3, -0.25) is 14.6 Å². The van der Waals surface area contributed by atoms with E-state index in [0.29, 0.717) is 19.3 Å². The minimum absolute atomic E-state index is 0.132. The number of nitrogens with zero attached hydrogens (tertiary/aromatic N) is 4. The van der Waals surface area contributed by atoms with Crippen LogP contribution in [0, 0.1) is 12.8 Å². The lowest BCUT2D eigenvalue weighted by Gasteiger charge is -2.41. The molecule has 2 aliphatic rings. The van der Waals surface area contributed by atoms with E-state index in [1.165, 1.54) is 5.57 Å². The smallest absolute Gasteiger partial charge is 0.306 e. The molecule has 1 aromatic carbocycles. The van der Waals surface area contributed by atoms with Gasteiger partial charge in [0.1, 0.15) is 17.7 Å². The first-order valence-corrected chi connectivity index (χ1v) is 13.2. The minimum atomic E-state index is -0.454. The second kappa shape index (κ2) is 10.5. The number of pyridine rings is 1. The predicted molar refractivity (Wildman–Crippen MR) is 148 cm³/mol. The van der Waals surface area contributed by atoms with E-state index in [-0.39, 0.29) is 17.7 Å². The molecular weight excluding hydrogens is 476 g/mol. The molecule has 0 amide bonds. The topological polar surface area (TPSA) is 85.3 Å². The fourth-order valence-corrected chi connectivity index (χ4v) is 5.07. The first-order chi connectivity index (χ1) is 18.1. The van der Waals surface area contributed by atoms with Crippen molar-refractivity contribution < 1.29 is 14.3 Å². The summed E-state index contributed by atoms with van der Waals surface area (Å²) in [6.07, 6.45) is 7.45. The summed E-state index contributed by atoms with van der Waals surface area (Å²) in [5, 5.41) is 0. The number of fused-ring (bicyclic) bond motifs is 1. The number of aryl methyl sites for hydroxylation is 1. The SMILES string of the molecule is Cc1ncnc2c1C=C(c1ccc(CC(=O)Cc3cc(N4CC(CC(=O)OC(C)(C)C)C4)ccn3)cc1)C2. The largest absolute Gasteiger partial charge is 0.460 e. The van der Waals surface area contributed by atoms with Gasteiger partial charge in [-0.1, -0.05) is 24.3 Å². The molecule has 2 aromatic heterocycles. The molecule has 196 valence electrons. The van der Waals surface area contributed by atoms with Crippen LogP contribution in [-0.4, -0.2) is 45.4 Å². The van der Waals surface area contributed by atoms with Crippen LogP contribution >= 0.6 is 0 Å². The van der Waals surface area contributed by atoms with Gasteiger partial charge in [0.2, 0.25) is 0 Å². The molecule has 0 radical (unpaired) electrons. The number of Topliss-reactive ketones (excluding diaryl/α,β-unsaturated/α-hetero) is 1. The summed E-state index contributed by atoms with van der Waals surface area (Å²) in [6, 6.07) is 12.2. The molecule has 0 atom stereocenters. The van der Waals surface area contributed by atoms with Crippen LogP contribution in [0.25, 0.3) is 11.6 Å². The van der Waals surface area contributed by atoms with Crippen LogP contribution < -0.4 is 4.90 Å². The number of carbonyl (C=O) groups excluding carboxylic acids is 2. The first kappa shape index (κ1) is 25.8. The second-order valence-corrected chi connectivity index (χ2v) is 11.3. The molecule has 5 rings (SSSR count). The first-order valence-electron chi connectivity index (χ1n) is 13.2. The number of hydrogen-bond acceptors (Lipinski definition) is 7. The van der Waals surface area contributed by atoms with Crippen molar-refractivity contribution in [3.63, 3.8) is 0 Å². The van der Waals surface area contributed by atoms with Gasteiger partial charge in [0.05, 0.1) is 12.1 Å². The number of rotatable bonds is 8. The Morgan fingerprint density at radius 3 is 2.50 bits per heavy atom. The Balaban J connectivity index is 1.12. The summed E-state index contributed by atoms with van der Waals surface area (Å²) in [5.74, 6) is 0.273. The zero-order valence-electron chi connectivity index (χ0n) is 22.5. The number of ketones is 1. The van der Waals surface area contributed by atoms with Gasteiger partial charge in [0, 0.05) is 67.1 Å². The van der Waals surface area contributed by atoms with Crippen LogP contribution in [0.3, 0.4) is 0 Å². The van der Waals surface area contributed by atoms with Crippen LogP contribution in [0.5, 0.6) is 0 Å². The van der Waals surface area contributed by atoms with E-state index in [0.717, 1.165) is 59.0 Å². The third-order valence-electron chi connectivity index (χ3n) is 6.94. The number of allylic oxidation sites excluding steroid dienone is 1. The quantitative estimate of drug-likeness (QED) is 0.403. The monoisotopic (exact) mass is 510 g/mol. The van der Waals surface area contributed by atoms with Crippen LogP contribution in [0.4, 0.5) is 5.69 Å². The van der Waals surface area contributed by atoms with Gasteiger partial charge in [0.25, 0.3) is 0 Å². The highest BCUT2D eigenvalue weighted by atomic mass is 16.6. The Morgan fingerprint density at radius 2 is 1.79 bits per heavy atom. The Labute approximate surface area is 224 Å². The molecule has 7 heteroatoms. The van der Waals surface area contributed by atoms with Crippen LogP contribution in [0.2, 0.25) is 0 Å². The molecule has 1 aliphatic heterocycles. The lowest BCUT2D eigenvalue weighted by atomic mass is 9.95. The van der Waals surface area contributed by atoms with E-state index in [1.54, 1.807) is 12.5 Å². The maximum absolute atomic E-state index is 12.8. The van der Waals surface area contributed by atoms with Crippen molar-refractivity contribution >= 4 is 29.1 Å². The van der Waals surface area contributed by atoms with E-state index in [1.807, 2.05) is 52.0 Å². The number of hydrogen-bond donors (Lipinski definition) is 0. The van der Waals surface area contributed by atoms with E-state index in [4.69, 9.17) is 4.74 Å². The van der Waals surface area contributed by atoms with Crippen molar-refractivity contribution in [2.45, 2.75) is 59.0 Å². The van der Waals surface area contributed by atoms with Gasteiger partial charge in [-0.2, -0.15) is 0 Å². The Morgan fingerprint density at radius 1 is 1.03 bits per heavy atom. The highest BCUT2D eigenvalue weighted by molar-refractivity contribution is 5.88. The van der Waals surface area contributed by atoms with Gasteiger partial charge >= 0.3 is 5.97 Å². The Bertz CT molecular complexity index is 1380. The normalized spacial score (nSPS) is 15.1. The molecule has 1 saturated heterocycles. The zero-order valence-corrected chi connectivity index (χ0v) is 22.5. The molecule has 1 fully saturated rings. The lowest BCUT2D eigenvalue weighted by Crippen LogP contribution is -2.48. The predicted octanol–water partition coefficient (Wildman–Crippen LogP) is 4.80. The number of esters is 1. The van der Waals surface area contributed by atoms with Gasteiger partial charge in [-0.05, 0) is 62.6 Å². The molecular formula is C31H34N4O3. The fourth-order valence-electron chi connectivity index (χ4n) is 5.07. The third kappa shape index (κ3) is 6.15. The number of ether oxygens (including phenoxy) is 1. The Hall–Kier alpha value is -3.87. The number of carbonyl (C=O) groups is 2. The summed E-state index contributed by atoms with van der Waals surface area (Å²) in [6.45, 7) is 9.27. The molecule has 38 heavy (non-hydrogen) atoms. The minimum Gasteiger partial charge on any atom is -0.460 e. The van der Waals surface area contributed by atoms with Gasteiger partial charge in [0.15, 0.2) is 0 Å². The van der Waals surface area contributed by atoms with Crippen molar-refractivity contribution in [2.75, 3.05) is 18.0 Å². The Kier molecular flexibility index (Phi) is 7.11. The van der Waals surface area contributed by atoms with E-state index >= 15 is 0 Å².